The Balaban J connectivity index is 1.79. The number of fused-ring (bicyclic) bond motifs is 1. The van der Waals surface area contributed by atoms with E-state index >= 15 is 0 Å². The van der Waals surface area contributed by atoms with Gasteiger partial charge in [-0.2, -0.15) is 0 Å². The van der Waals surface area contributed by atoms with Gasteiger partial charge in [-0.3, -0.25) is 0 Å². The van der Waals surface area contributed by atoms with Crippen molar-refractivity contribution in [3.8, 4) is 11.5 Å². The fourth-order valence-electron chi connectivity index (χ4n) is 2.12. The largest absolute Gasteiger partial charge is 0.490 e. The van der Waals surface area contributed by atoms with Crippen molar-refractivity contribution in [1.29, 1.82) is 0 Å². The van der Waals surface area contributed by atoms with Gasteiger partial charge in [0.25, 0.3) is 0 Å². The summed E-state index contributed by atoms with van der Waals surface area (Å²) < 4.78 is 16.4. The van der Waals surface area contributed by atoms with E-state index in [1.165, 1.54) is 0 Å². The first-order chi connectivity index (χ1) is 9.33. The lowest BCUT2D eigenvalue weighted by Gasteiger charge is -2.13. The first kappa shape index (κ1) is 12.1. The van der Waals surface area contributed by atoms with Crippen LogP contribution in [0, 0.1) is 0 Å². The van der Waals surface area contributed by atoms with Crippen LogP contribution in [0.5, 0.6) is 11.5 Å². The second-order valence-corrected chi connectivity index (χ2v) is 4.56. The molecule has 0 radical (unpaired) electrons. The van der Waals surface area contributed by atoms with Gasteiger partial charge in [-0.15, -0.1) is 0 Å². The van der Waals surface area contributed by atoms with E-state index in [2.05, 4.69) is 0 Å². The number of aliphatic hydroxyl groups excluding tert-OH is 1. The highest BCUT2D eigenvalue weighted by Gasteiger charge is 2.15. The van der Waals surface area contributed by atoms with Crippen LogP contribution >= 0.6 is 0 Å². The molecule has 0 amide bonds. The van der Waals surface area contributed by atoms with Gasteiger partial charge in [-0.05, 0) is 29.8 Å². The van der Waals surface area contributed by atoms with Crippen molar-refractivity contribution in [3.63, 3.8) is 0 Å². The fraction of sp³-hybridized carbons (Fsp3) is 0.333. The predicted molar refractivity (Wildman–Crippen MR) is 69.4 cm³/mol. The van der Waals surface area contributed by atoms with Crippen molar-refractivity contribution >= 4 is 0 Å². The summed E-state index contributed by atoms with van der Waals surface area (Å²) in [5.74, 6) is 2.21. The maximum Gasteiger partial charge on any atom is 0.161 e. The van der Waals surface area contributed by atoms with Crippen LogP contribution in [-0.4, -0.2) is 18.3 Å². The van der Waals surface area contributed by atoms with Crippen LogP contribution in [0.1, 0.15) is 23.8 Å². The Morgan fingerprint density at radius 1 is 1.11 bits per heavy atom. The highest BCUT2D eigenvalue weighted by atomic mass is 16.5. The maximum absolute atomic E-state index is 10.2. The molecule has 1 aromatic heterocycles. The standard InChI is InChI=1S/C15H16O4/c16-13(10-12-3-1-6-17-12)11-4-5-14-15(9-11)19-8-2-7-18-14/h1,3-6,9,13,16H,2,7-8,10H2. The molecule has 0 saturated heterocycles. The summed E-state index contributed by atoms with van der Waals surface area (Å²) >= 11 is 0. The zero-order valence-corrected chi connectivity index (χ0v) is 10.5. The minimum absolute atomic E-state index is 0.451. The van der Waals surface area contributed by atoms with Gasteiger partial charge in [0.1, 0.15) is 5.76 Å². The molecule has 0 aliphatic carbocycles. The third-order valence-corrected chi connectivity index (χ3v) is 3.13. The highest BCUT2D eigenvalue weighted by Crippen LogP contribution is 2.33. The number of benzene rings is 1. The van der Waals surface area contributed by atoms with Gasteiger partial charge in [-0.1, -0.05) is 6.07 Å². The van der Waals surface area contributed by atoms with Gasteiger partial charge in [0.05, 0.1) is 25.6 Å². The van der Waals surface area contributed by atoms with Crippen LogP contribution in [0.3, 0.4) is 0 Å². The van der Waals surface area contributed by atoms with Crippen molar-refractivity contribution in [2.75, 3.05) is 13.2 Å². The van der Waals surface area contributed by atoms with Crippen LogP contribution in [-0.2, 0) is 6.42 Å². The fourth-order valence-corrected chi connectivity index (χ4v) is 2.12. The first-order valence-corrected chi connectivity index (χ1v) is 6.43. The Morgan fingerprint density at radius 2 is 1.95 bits per heavy atom. The molecule has 3 rings (SSSR count). The molecule has 0 bridgehead atoms. The zero-order chi connectivity index (χ0) is 13.1. The normalized spacial score (nSPS) is 15.8. The van der Waals surface area contributed by atoms with Crippen LogP contribution < -0.4 is 9.47 Å². The molecular formula is C15H16O4. The van der Waals surface area contributed by atoms with E-state index < -0.39 is 6.10 Å². The summed E-state index contributed by atoms with van der Waals surface area (Å²) in [6, 6.07) is 9.22. The lowest BCUT2D eigenvalue weighted by atomic mass is 10.0. The minimum Gasteiger partial charge on any atom is -0.490 e. The summed E-state index contributed by atoms with van der Waals surface area (Å²) in [5, 5.41) is 10.2. The smallest absolute Gasteiger partial charge is 0.161 e. The lowest BCUT2D eigenvalue weighted by molar-refractivity contribution is 0.170. The van der Waals surface area contributed by atoms with E-state index in [1.807, 2.05) is 30.3 Å². The molecule has 0 spiro atoms. The number of furan rings is 1. The molecule has 19 heavy (non-hydrogen) atoms. The number of aliphatic hydroxyl groups is 1. The zero-order valence-electron chi connectivity index (χ0n) is 10.5. The van der Waals surface area contributed by atoms with Crippen LogP contribution in [0.4, 0.5) is 0 Å². The Kier molecular flexibility index (Phi) is 3.42. The van der Waals surface area contributed by atoms with E-state index in [0.717, 1.165) is 23.5 Å². The molecule has 1 atom stereocenters. The Bertz CT molecular complexity index is 533. The molecule has 1 aliphatic rings. The van der Waals surface area contributed by atoms with Gasteiger partial charge < -0.3 is 19.0 Å². The number of ether oxygens (including phenoxy) is 2. The molecule has 0 saturated carbocycles. The van der Waals surface area contributed by atoms with Crippen molar-refractivity contribution in [2.45, 2.75) is 18.9 Å². The molecule has 4 heteroatoms. The van der Waals surface area contributed by atoms with Crippen LogP contribution in [0.2, 0.25) is 0 Å². The Morgan fingerprint density at radius 3 is 2.74 bits per heavy atom. The van der Waals surface area contributed by atoms with Crippen molar-refractivity contribution in [3.05, 3.63) is 47.9 Å². The molecule has 1 N–H and O–H groups in total. The van der Waals surface area contributed by atoms with Crippen molar-refractivity contribution in [1.82, 2.24) is 0 Å². The SMILES string of the molecule is OC(Cc1ccco1)c1ccc2c(c1)OCCCO2. The van der Waals surface area contributed by atoms with E-state index in [0.29, 0.717) is 25.4 Å². The molecule has 2 aromatic rings. The summed E-state index contributed by atoms with van der Waals surface area (Å²) in [7, 11) is 0. The van der Waals surface area contributed by atoms with E-state index in [-0.39, 0.29) is 0 Å². The molecule has 1 aromatic carbocycles. The van der Waals surface area contributed by atoms with Gasteiger partial charge >= 0.3 is 0 Å². The van der Waals surface area contributed by atoms with Crippen molar-refractivity contribution < 1.29 is 19.0 Å². The molecule has 4 nitrogen and oxygen atoms in total. The Labute approximate surface area is 111 Å². The van der Waals surface area contributed by atoms with Gasteiger partial charge in [0.15, 0.2) is 11.5 Å². The molecule has 1 unspecified atom stereocenters. The van der Waals surface area contributed by atoms with Gasteiger partial charge in [0.2, 0.25) is 0 Å². The average molecular weight is 260 g/mol. The van der Waals surface area contributed by atoms with Gasteiger partial charge in [0, 0.05) is 12.8 Å². The summed E-state index contributed by atoms with van der Waals surface area (Å²) in [6.07, 6.45) is 2.32. The molecule has 2 heterocycles. The van der Waals surface area contributed by atoms with Crippen LogP contribution in [0.25, 0.3) is 0 Å². The van der Waals surface area contributed by atoms with E-state index in [4.69, 9.17) is 13.9 Å². The number of hydrogen-bond acceptors (Lipinski definition) is 4. The lowest BCUT2D eigenvalue weighted by Crippen LogP contribution is -2.02. The average Bonchev–Trinajstić information content (AvgIpc) is 2.81. The highest BCUT2D eigenvalue weighted by molar-refractivity contribution is 5.44. The monoisotopic (exact) mass is 260 g/mol. The summed E-state index contributed by atoms with van der Waals surface area (Å²) in [6.45, 7) is 1.31. The van der Waals surface area contributed by atoms with E-state index in [1.54, 1.807) is 6.26 Å². The molecule has 0 fully saturated rings. The molecular weight excluding hydrogens is 244 g/mol. The topological polar surface area (TPSA) is 51.8 Å². The molecule has 100 valence electrons. The first-order valence-electron chi connectivity index (χ1n) is 6.43. The third kappa shape index (κ3) is 2.74. The van der Waals surface area contributed by atoms with Gasteiger partial charge in [-0.25, -0.2) is 0 Å². The number of hydrogen-bond donors (Lipinski definition) is 1. The predicted octanol–water partition coefficient (Wildman–Crippen LogP) is 2.72. The minimum atomic E-state index is -0.608. The Hall–Kier alpha value is -1.94. The molecule has 1 aliphatic heterocycles. The quantitative estimate of drug-likeness (QED) is 0.922. The second kappa shape index (κ2) is 5.36. The van der Waals surface area contributed by atoms with Crippen LogP contribution in [0.15, 0.2) is 41.0 Å². The van der Waals surface area contributed by atoms with E-state index in [9.17, 15) is 5.11 Å². The third-order valence-electron chi connectivity index (χ3n) is 3.13. The maximum atomic E-state index is 10.2. The summed E-state index contributed by atoms with van der Waals surface area (Å²) in [4.78, 5) is 0. The summed E-state index contributed by atoms with van der Waals surface area (Å²) in [5.41, 5.74) is 0.806. The van der Waals surface area contributed by atoms with Crippen molar-refractivity contribution in [2.24, 2.45) is 0 Å². The number of rotatable bonds is 3. The second-order valence-electron chi connectivity index (χ2n) is 4.56.